The summed E-state index contributed by atoms with van der Waals surface area (Å²) in [5.41, 5.74) is 3.75. The van der Waals surface area contributed by atoms with Crippen molar-refractivity contribution >= 4 is 22.5 Å². The van der Waals surface area contributed by atoms with E-state index in [1.54, 1.807) is 13.0 Å². The molecule has 3 aromatic rings. The number of hydrogen-bond donors (Lipinski definition) is 1. The van der Waals surface area contributed by atoms with Gasteiger partial charge in [-0.3, -0.25) is 4.79 Å². The van der Waals surface area contributed by atoms with E-state index in [4.69, 9.17) is 0 Å². The first-order chi connectivity index (χ1) is 11.6. The number of rotatable bonds is 5. The number of nitrogens with zero attached hydrogens (tertiary/aromatic N) is 1. The van der Waals surface area contributed by atoms with Gasteiger partial charge in [0, 0.05) is 30.4 Å². The Labute approximate surface area is 141 Å². The average molecular weight is 324 g/mol. The highest BCUT2D eigenvalue weighted by atomic mass is 19.1. The molecule has 0 aliphatic rings. The molecule has 2 aromatic carbocycles. The molecule has 1 N–H and O–H groups in total. The number of halogens is 1. The standard InChI is InChI=1S/C20H21FN2O/c1-3-23-11-10-16-13-15(4-8-19(16)23)5-9-20(24)22-18-7-6-17(21)12-14(18)2/h4,6-8,10-13H,3,5,9H2,1-2H3,(H,22,24). The minimum Gasteiger partial charge on any atom is -0.348 e. The number of nitrogens with one attached hydrogen (secondary N) is 1. The summed E-state index contributed by atoms with van der Waals surface area (Å²) in [6.45, 7) is 4.85. The molecule has 124 valence electrons. The number of aryl methyl sites for hydroxylation is 3. The number of hydrogen-bond acceptors (Lipinski definition) is 1. The van der Waals surface area contributed by atoms with Crippen molar-refractivity contribution in [3.8, 4) is 0 Å². The molecule has 0 saturated carbocycles. The average Bonchev–Trinajstić information content (AvgIpc) is 2.98. The Morgan fingerprint density at radius 3 is 2.75 bits per heavy atom. The van der Waals surface area contributed by atoms with Crippen LogP contribution in [0.4, 0.5) is 10.1 Å². The zero-order valence-corrected chi connectivity index (χ0v) is 14.0. The normalized spacial score (nSPS) is 11.0. The van der Waals surface area contributed by atoms with E-state index in [1.165, 1.54) is 23.0 Å². The van der Waals surface area contributed by atoms with Crippen LogP contribution in [0.5, 0.6) is 0 Å². The Hall–Kier alpha value is -2.62. The second kappa shape index (κ2) is 6.87. The van der Waals surface area contributed by atoms with Gasteiger partial charge in [0.1, 0.15) is 5.82 Å². The summed E-state index contributed by atoms with van der Waals surface area (Å²) in [6.07, 6.45) is 3.16. The topological polar surface area (TPSA) is 34.0 Å². The van der Waals surface area contributed by atoms with Gasteiger partial charge in [-0.25, -0.2) is 4.39 Å². The molecule has 0 fully saturated rings. The molecule has 1 amide bonds. The van der Waals surface area contributed by atoms with Crippen LogP contribution >= 0.6 is 0 Å². The van der Waals surface area contributed by atoms with Crippen LogP contribution in [0.15, 0.2) is 48.7 Å². The van der Waals surface area contributed by atoms with Crippen molar-refractivity contribution in [2.75, 3.05) is 5.32 Å². The SMILES string of the molecule is CCn1ccc2cc(CCC(=O)Nc3ccc(F)cc3C)ccc21. The van der Waals surface area contributed by atoms with Crippen LogP contribution in [-0.2, 0) is 17.8 Å². The van der Waals surface area contributed by atoms with Crippen LogP contribution in [-0.4, -0.2) is 10.5 Å². The molecule has 1 aromatic heterocycles. The van der Waals surface area contributed by atoms with Crippen LogP contribution in [0.3, 0.4) is 0 Å². The van der Waals surface area contributed by atoms with Crippen LogP contribution < -0.4 is 5.32 Å². The fourth-order valence-corrected chi connectivity index (χ4v) is 2.92. The fraction of sp³-hybridized carbons (Fsp3) is 0.250. The van der Waals surface area contributed by atoms with Crippen LogP contribution in [0.1, 0.15) is 24.5 Å². The Morgan fingerprint density at radius 1 is 1.17 bits per heavy atom. The van der Waals surface area contributed by atoms with Crippen molar-refractivity contribution in [3.05, 3.63) is 65.6 Å². The van der Waals surface area contributed by atoms with Gasteiger partial charge >= 0.3 is 0 Å². The van der Waals surface area contributed by atoms with E-state index in [0.717, 1.165) is 17.7 Å². The molecule has 0 atom stereocenters. The molecular formula is C20H21FN2O. The number of carbonyl (C=O) groups is 1. The Kier molecular flexibility index (Phi) is 4.65. The molecule has 0 unspecified atom stereocenters. The van der Waals surface area contributed by atoms with Gasteiger partial charge in [0.2, 0.25) is 5.91 Å². The number of fused-ring (bicyclic) bond motifs is 1. The summed E-state index contributed by atoms with van der Waals surface area (Å²) in [5.74, 6) is -0.353. The summed E-state index contributed by atoms with van der Waals surface area (Å²) in [6, 6.07) is 12.8. The van der Waals surface area contributed by atoms with Gasteiger partial charge in [-0.2, -0.15) is 0 Å². The summed E-state index contributed by atoms with van der Waals surface area (Å²) < 4.78 is 15.3. The lowest BCUT2D eigenvalue weighted by Crippen LogP contribution is -2.13. The second-order valence-corrected chi connectivity index (χ2v) is 6.00. The lowest BCUT2D eigenvalue weighted by molar-refractivity contribution is -0.116. The minimum absolute atomic E-state index is 0.0593. The lowest BCUT2D eigenvalue weighted by Gasteiger charge is -2.09. The number of aromatic nitrogens is 1. The lowest BCUT2D eigenvalue weighted by atomic mass is 10.1. The Morgan fingerprint density at radius 2 is 2.00 bits per heavy atom. The fourth-order valence-electron chi connectivity index (χ4n) is 2.92. The first-order valence-electron chi connectivity index (χ1n) is 8.20. The maximum Gasteiger partial charge on any atom is 0.224 e. The second-order valence-electron chi connectivity index (χ2n) is 6.00. The molecule has 3 rings (SSSR count). The van der Waals surface area contributed by atoms with Gasteiger partial charge in [0.05, 0.1) is 0 Å². The third kappa shape index (κ3) is 3.48. The molecule has 24 heavy (non-hydrogen) atoms. The molecule has 0 spiro atoms. The highest BCUT2D eigenvalue weighted by molar-refractivity contribution is 5.91. The zero-order valence-electron chi connectivity index (χ0n) is 14.0. The number of carbonyl (C=O) groups excluding carboxylic acids is 1. The van der Waals surface area contributed by atoms with Crippen molar-refractivity contribution in [1.29, 1.82) is 0 Å². The summed E-state index contributed by atoms with van der Waals surface area (Å²) in [7, 11) is 0. The smallest absolute Gasteiger partial charge is 0.224 e. The van der Waals surface area contributed by atoms with Crippen molar-refractivity contribution in [2.45, 2.75) is 33.2 Å². The Bertz CT molecular complexity index is 882. The molecule has 0 radical (unpaired) electrons. The summed E-state index contributed by atoms with van der Waals surface area (Å²) >= 11 is 0. The third-order valence-electron chi connectivity index (χ3n) is 4.28. The van der Waals surface area contributed by atoms with E-state index in [0.29, 0.717) is 18.5 Å². The van der Waals surface area contributed by atoms with Crippen molar-refractivity contribution in [1.82, 2.24) is 4.57 Å². The minimum atomic E-state index is -0.294. The molecule has 3 nitrogen and oxygen atoms in total. The van der Waals surface area contributed by atoms with Crippen molar-refractivity contribution in [2.24, 2.45) is 0 Å². The molecule has 1 heterocycles. The van der Waals surface area contributed by atoms with Gasteiger partial charge in [-0.05, 0) is 73.2 Å². The van der Waals surface area contributed by atoms with Gasteiger partial charge in [-0.15, -0.1) is 0 Å². The molecular weight excluding hydrogens is 303 g/mol. The first kappa shape index (κ1) is 16.2. The van der Waals surface area contributed by atoms with Crippen molar-refractivity contribution in [3.63, 3.8) is 0 Å². The molecule has 0 bridgehead atoms. The zero-order chi connectivity index (χ0) is 17.1. The predicted octanol–water partition coefficient (Wildman–Crippen LogP) is 4.68. The number of anilines is 1. The van der Waals surface area contributed by atoms with Gasteiger partial charge in [0.25, 0.3) is 0 Å². The highest BCUT2D eigenvalue weighted by Gasteiger charge is 2.07. The number of benzene rings is 2. The van der Waals surface area contributed by atoms with E-state index < -0.39 is 0 Å². The summed E-state index contributed by atoms with van der Waals surface area (Å²) in [5, 5.41) is 4.05. The number of amides is 1. The Balaban J connectivity index is 1.63. The predicted molar refractivity (Wildman–Crippen MR) is 95.7 cm³/mol. The molecule has 0 aliphatic carbocycles. The van der Waals surface area contributed by atoms with E-state index in [2.05, 4.69) is 47.3 Å². The summed E-state index contributed by atoms with van der Waals surface area (Å²) in [4.78, 5) is 12.1. The van der Waals surface area contributed by atoms with Crippen molar-refractivity contribution < 1.29 is 9.18 Å². The third-order valence-corrected chi connectivity index (χ3v) is 4.28. The van der Waals surface area contributed by atoms with Gasteiger partial charge in [0.15, 0.2) is 0 Å². The molecule has 4 heteroatoms. The van der Waals surface area contributed by atoms with E-state index >= 15 is 0 Å². The first-order valence-corrected chi connectivity index (χ1v) is 8.20. The maximum atomic E-state index is 13.1. The van der Waals surface area contributed by atoms with E-state index in [1.807, 2.05) is 0 Å². The van der Waals surface area contributed by atoms with Crippen LogP contribution in [0, 0.1) is 12.7 Å². The van der Waals surface area contributed by atoms with Crippen LogP contribution in [0.2, 0.25) is 0 Å². The van der Waals surface area contributed by atoms with Crippen LogP contribution in [0.25, 0.3) is 10.9 Å². The van der Waals surface area contributed by atoms with Gasteiger partial charge < -0.3 is 9.88 Å². The largest absolute Gasteiger partial charge is 0.348 e. The maximum absolute atomic E-state index is 13.1. The molecule has 0 saturated heterocycles. The van der Waals surface area contributed by atoms with E-state index in [-0.39, 0.29) is 11.7 Å². The van der Waals surface area contributed by atoms with Gasteiger partial charge in [-0.1, -0.05) is 6.07 Å². The highest BCUT2D eigenvalue weighted by Crippen LogP contribution is 2.19. The van der Waals surface area contributed by atoms with E-state index in [9.17, 15) is 9.18 Å². The molecule has 0 aliphatic heterocycles. The monoisotopic (exact) mass is 324 g/mol. The quantitative estimate of drug-likeness (QED) is 0.726.